The third kappa shape index (κ3) is 4.51. The van der Waals surface area contributed by atoms with Crippen molar-refractivity contribution in [3.8, 4) is 5.75 Å². The van der Waals surface area contributed by atoms with Crippen molar-refractivity contribution in [3.05, 3.63) is 59.4 Å². The first-order valence-corrected chi connectivity index (χ1v) is 7.20. The van der Waals surface area contributed by atoms with E-state index in [0.29, 0.717) is 10.8 Å². The van der Waals surface area contributed by atoms with E-state index in [4.69, 9.17) is 16.3 Å². The monoisotopic (exact) mass is 290 g/mol. The first-order chi connectivity index (χ1) is 9.79. The summed E-state index contributed by atoms with van der Waals surface area (Å²) in [4.78, 5) is 4.05. The second-order valence-electron chi connectivity index (χ2n) is 4.56. The molecule has 106 valence electrons. The number of benzene rings is 1. The molecule has 1 unspecified atom stereocenters. The zero-order chi connectivity index (χ0) is 14.2. The molecule has 3 nitrogen and oxygen atoms in total. The minimum absolute atomic E-state index is 0.0528. The van der Waals surface area contributed by atoms with Crippen molar-refractivity contribution in [2.75, 3.05) is 13.1 Å². The summed E-state index contributed by atoms with van der Waals surface area (Å²) in [5.41, 5.74) is 1.14. The van der Waals surface area contributed by atoms with Crippen LogP contribution in [0, 0.1) is 0 Å². The van der Waals surface area contributed by atoms with Crippen LogP contribution in [0.3, 0.4) is 0 Å². The van der Waals surface area contributed by atoms with E-state index in [1.165, 1.54) is 0 Å². The molecule has 0 spiro atoms. The summed E-state index contributed by atoms with van der Waals surface area (Å²) in [5.74, 6) is 0.685. The molecular formula is C16H19ClN2O. The lowest BCUT2D eigenvalue weighted by molar-refractivity contribution is 0.201. The number of nitrogens with zero attached hydrogens (tertiary/aromatic N) is 1. The van der Waals surface area contributed by atoms with Crippen LogP contribution in [-0.2, 0) is 0 Å². The number of hydrogen-bond acceptors (Lipinski definition) is 3. The van der Waals surface area contributed by atoms with Gasteiger partial charge >= 0.3 is 0 Å². The van der Waals surface area contributed by atoms with Gasteiger partial charge in [0.25, 0.3) is 0 Å². The fourth-order valence-electron chi connectivity index (χ4n) is 1.93. The van der Waals surface area contributed by atoms with E-state index in [9.17, 15) is 0 Å². The van der Waals surface area contributed by atoms with E-state index < -0.39 is 0 Å². The number of hydrogen-bond donors (Lipinski definition) is 1. The van der Waals surface area contributed by atoms with E-state index in [2.05, 4.69) is 29.4 Å². The molecule has 1 atom stereocenters. The summed E-state index contributed by atoms with van der Waals surface area (Å²) < 4.78 is 6.02. The number of nitrogens with one attached hydrogen (secondary N) is 1. The Hall–Kier alpha value is -1.58. The van der Waals surface area contributed by atoms with Crippen LogP contribution < -0.4 is 10.1 Å². The molecule has 1 heterocycles. The predicted octanol–water partition coefficient (Wildman–Crippen LogP) is 3.85. The van der Waals surface area contributed by atoms with Gasteiger partial charge in [0.1, 0.15) is 11.9 Å². The van der Waals surface area contributed by atoms with E-state index in [-0.39, 0.29) is 6.10 Å². The maximum absolute atomic E-state index is 6.02. The highest BCUT2D eigenvalue weighted by molar-refractivity contribution is 6.30. The molecule has 0 bridgehead atoms. The normalized spacial score (nSPS) is 12.1. The zero-order valence-corrected chi connectivity index (χ0v) is 12.3. The van der Waals surface area contributed by atoms with Gasteiger partial charge in [-0.15, -0.1) is 0 Å². The summed E-state index contributed by atoms with van der Waals surface area (Å²) >= 11 is 5.94. The predicted molar refractivity (Wildman–Crippen MR) is 82.2 cm³/mol. The van der Waals surface area contributed by atoms with E-state index in [0.717, 1.165) is 25.1 Å². The van der Waals surface area contributed by atoms with Gasteiger partial charge in [0.05, 0.1) is 11.2 Å². The molecule has 0 saturated carbocycles. The van der Waals surface area contributed by atoms with Crippen LogP contribution >= 0.6 is 11.6 Å². The fourth-order valence-corrected chi connectivity index (χ4v) is 2.09. The molecule has 0 aliphatic heterocycles. The van der Waals surface area contributed by atoms with Crippen LogP contribution in [0.4, 0.5) is 0 Å². The topological polar surface area (TPSA) is 34.1 Å². The number of pyridine rings is 1. The molecule has 0 radical (unpaired) electrons. The molecule has 2 aromatic rings. The second kappa shape index (κ2) is 7.88. The lowest BCUT2D eigenvalue weighted by atomic mass is 10.1. The molecule has 1 N–H and O–H groups in total. The summed E-state index contributed by atoms with van der Waals surface area (Å²) in [6, 6.07) is 11.9. The average molecular weight is 291 g/mol. The van der Waals surface area contributed by atoms with Crippen LogP contribution in [0.1, 0.15) is 25.0 Å². The van der Waals surface area contributed by atoms with Gasteiger partial charge in [-0.05, 0) is 18.5 Å². The first kappa shape index (κ1) is 14.8. The molecular weight excluding hydrogens is 272 g/mol. The maximum atomic E-state index is 6.02. The molecule has 0 amide bonds. The number of rotatable bonds is 7. The Morgan fingerprint density at radius 2 is 2.05 bits per heavy atom. The van der Waals surface area contributed by atoms with Crippen LogP contribution in [-0.4, -0.2) is 18.1 Å². The van der Waals surface area contributed by atoms with Gasteiger partial charge in [-0.1, -0.05) is 48.9 Å². The van der Waals surface area contributed by atoms with Gasteiger partial charge in [-0.2, -0.15) is 0 Å². The van der Waals surface area contributed by atoms with Crippen molar-refractivity contribution in [2.24, 2.45) is 0 Å². The Morgan fingerprint density at radius 1 is 1.25 bits per heavy atom. The summed E-state index contributed by atoms with van der Waals surface area (Å²) in [7, 11) is 0. The van der Waals surface area contributed by atoms with E-state index in [1.54, 1.807) is 18.5 Å². The van der Waals surface area contributed by atoms with Gasteiger partial charge in [0, 0.05) is 18.8 Å². The Morgan fingerprint density at radius 3 is 2.75 bits per heavy atom. The van der Waals surface area contributed by atoms with Crippen LogP contribution in [0.25, 0.3) is 0 Å². The minimum Gasteiger partial charge on any atom is -0.483 e. The number of aromatic nitrogens is 1. The number of ether oxygens (including phenoxy) is 1. The Kier molecular flexibility index (Phi) is 5.84. The third-order valence-electron chi connectivity index (χ3n) is 2.89. The van der Waals surface area contributed by atoms with Crippen molar-refractivity contribution in [1.82, 2.24) is 10.3 Å². The molecule has 0 aliphatic carbocycles. The smallest absolute Gasteiger partial charge is 0.140 e. The molecule has 0 fully saturated rings. The SMILES string of the molecule is CCCNCC(Oc1cncc(Cl)c1)c1ccccc1. The number of halogens is 1. The largest absolute Gasteiger partial charge is 0.483 e. The van der Waals surface area contributed by atoms with Crippen molar-refractivity contribution in [2.45, 2.75) is 19.4 Å². The second-order valence-corrected chi connectivity index (χ2v) is 5.00. The van der Waals surface area contributed by atoms with Crippen LogP contribution in [0.15, 0.2) is 48.8 Å². The van der Waals surface area contributed by atoms with Gasteiger partial charge in [-0.3, -0.25) is 4.98 Å². The highest BCUT2D eigenvalue weighted by atomic mass is 35.5. The molecule has 0 aliphatic rings. The van der Waals surface area contributed by atoms with E-state index >= 15 is 0 Å². The molecule has 1 aromatic heterocycles. The van der Waals surface area contributed by atoms with Crippen molar-refractivity contribution in [1.29, 1.82) is 0 Å². The fraction of sp³-hybridized carbons (Fsp3) is 0.312. The standard InChI is InChI=1S/C16H19ClN2O/c1-2-8-18-12-16(13-6-4-3-5-7-13)20-15-9-14(17)10-19-11-15/h3-7,9-11,16,18H,2,8,12H2,1H3. The van der Waals surface area contributed by atoms with Crippen LogP contribution in [0.5, 0.6) is 5.75 Å². The summed E-state index contributed by atoms with van der Waals surface area (Å²) in [5, 5.41) is 3.97. The average Bonchev–Trinajstić information content (AvgIpc) is 2.47. The molecule has 1 aromatic carbocycles. The minimum atomic E-state index is -0.0528. The van der Waals surface area contributed by atoms with Gasteiger partial charge in [0.2, 0.25) is 0 Å². The summed E-state index contributed by atoms with van der Waals surface area (Å²) in [6.45, 7) is 3.87. The quantitative estimate of drug-likeness (QED) is 0.786. The lowest BCUT2D eigenvalue weighted by Gasteiger charge is -2.20. The molecule has 20 heavy (non-hydrogen) atoms. The summed E-state index contributed by atoms with van der Waals surface area (Å²) in [6.07, 6.45) is 4.33. The maximum Gasteiger partial charge on any atom is 0.140 e. The lowest BCUT2D eigenvalue weighted by Crippen LogP contribution is -2.25. The Balaban J connectivity index is 2.10. The van der Waals surface area contributed by atoms with Crippen molar-refractivity contribution in [3.63, 3.8) is 0 Å². The van der Waals surface area contributed by atoms with Gasteiger partial charge in [-0.25, -0.2) is 0 Å². The molecule has 4 heteroatoms. The van der Waals surface area contributed by atoms with Crippen LogP contribution in [0.2, 0.25) is 5.02 Å². The van der Waals surface area contributed by atoms with Gasteiger partial charge in [0.15, 0.2) is 0 Å². The van der Waals surface area contributed by atoms with Gasteiger partial charge < -0.3 is 10.1 Å². The molecule has 0 saturated heterocycles. The Bertz CT molecular complexity index is 519. The van der Waals surface area contributed by atoms with E-state index in [1.807, 2.05) is 18.2 Å². The highest BCUT2D eigenvalue weighted by Crippen LogP contribution is 2.23. The highest BCUT2D eigenvalue weighted by Gasteiger charge is 2.13. The van der Waals surface area contributed by atoms with Crippen molar-refractivity contribution < 1.29 is 4.74 Å². The first-order valence-electron chi connectivity index (χ1n) is 6.82. The van der Waals surface area contributed by atoms with Crippen molar-refractivity contribution >= 4 is 11.6 Å². The third-order valence-corrected chi connectivity index (χ3v) is 3.09. The Labute approximate surface area is 124 Å². The molecule has 2 rings (SSSR count). The zero-order valence-electron chi connectivity index (χ0n) is 11.6.